The van der Waals surface area contributed by atoms with Gasteiger partial charge in [0.15, 0.2) is 0 Å². The van der Waals surface area contributed by atoms with Crippen molar-refractivity contribution >= 4 is 0 Å². The fraction of sp³-hybridized carbons (Fsp3) is 0.600. The molecule has 0 amide bonds. The third kappa shape index (κ3) is 3.24. The van der Waals surface area contributed by atoms with E-state index in [2.05, 4.69) is 23.0 Å². The van der Waals surface area contributed by atoms with Crippen molar-refractivity contribution in [2.45, 2.75) is 39.2 Å². The van der Waals surface area contributed by atoms with Crippen molar-refractivity contribution < 1.29 is 4.74 Å². The molecule has 0 radical (unpaired) electrons. The minimum Gasteiger partial charge on any atom is -0.477 e. The number of likely N-dealkylation sites (tertiary alicyclic amines) is 1. The van der Waals surface area contributed by atoms with E-state index in [1.54, 1.807) is 0 Å². The van der Waals surface area contributed by atoms with Crippen LogP contribution in [0.2, 0.25) is 0 Å². The molecule has 1 unspecified atom stereocenters. The predicted molar refractivity (Wildman–Crippen MR) is 74.2 cm³/mol. The summed E-state index contributed by atoms with van der Waals surface area (Å²) < 4.78 is 5.74. The molecule has 4 nitrogen and oxygen atoms in total. The largest absolute Gasteiger partial charge is 0.477 e. The quantitative estimate of drug-likeness (QED) is 0.833. The summed E-state index contributed by atoms with van der Waals surface area (Å²) in [5.74, 6) is 0.487. The molecule has 1 aromatic heterocycles. The van der Waals surface area contributed by atoms with E-state index in [9.17, 15) is 0 Å². The molecule has 2 heterocycles. The van der Waals surface area contributed by atoms with Crippen LogP contribution in [-0.4, -0.2) is 36.1 Å². The molecular formula is C15H21N3O. The fourth-order valence-corrected chi connectivity index (χ4v) is 2.68. The van der Waals surface area contributed by atoms with E-state index in [-0.39, 0.29) is 0 Å². The summed E-state index contributed by atoms with van der Waals surface area (Å²) in [5.41, 5.74) is 2.39. The molecular weight excluding hydrogens is 238 g/mol. The van der Waals surface area contributed by atoms with Gasteiger partial charge in [0.2, 0.25) is 5.88 Å². The molecule has 1 saturated heterocycles. The van der Waals surface area contributed by atoms with Crippen molar-refractivity contribution in [3.63, 3.8) is 0 Å². The first kappa shape index (κ1) is 13.8. The van der Waals surface area contributed by atoms with Gasteiger partial charge in [-0.2, -0.15) is 5.26 Å². The lowest BCUT2D eigenvalue weighted by molar-refractivity contribution is 0.228. The second kappa shape index (κ2) is 6.03. The molecule has 2 rings (SSSR count). The van der Waals surface area contributed by atoms with Crippen LogP contribution in [0.1, 0.15) is 36.1 Å². The van der Waals surface area contributed by atoms with Crippen LogP contribution in [0.5, 0.6) is 5.88 Å². The fourth-order valence-electron chi connectivity index (χ4n) is 2.68. The lowest BCUT2D eigenvalue weighted by Gasteiger charge is -2.19. The molecule has 0 saturated carbocycles. The molecule has 0 bridgehead atoms. The summed E-state index contributed by atoms with van der Waals surface area (Å²) in [4.78, 5) is 6.71. The lowest BCUT2D eigenvalue weighted by Crippen LogP contribution is -2.26. The molecule has 4 heteroatoms. The summed E-state index contributed by atoms with van der Waals surface area (Å²) >= 11 is 0. The lowest BCUT2D eigenvalue weighted by atomic mass is 10.1. The zero-order valence-corrected chi connectivity index (χ0v) is 11.9. The average Bonchev–Trinajstić information content (AvgIpc) is 2.75. The highest BCUT2D eigenvalue weighted by Gasteiger charge is 2.20. The normalized spacial score (nSPS) is 19.4. The van der Waals surface area contributed by atoms with Gasteiger partial charge in [0.1, 0.15) is 11.6 Å². The topological polar surface area (TPSA) is 49.1 Å². The van der Waals surface area contributed by atoms with E-state index in [0.29, 0.717) is 24.1 Å². The Balaban J connectivity index is 1.98. The number of hydrogen-bond acceptors (Lipinski definition) is 4. The summed E-state index contributed by atoms with van der Waals surface area (Å²) in [6.07, 6.45) is 3.51. The van der Waals surface area contributed by atoms with Crippen LogP contribution in [-0.2, 0) is 0 Å². The van der Waals surface area contributed by atoms with Crippen molar-refractivity contribution in [3.8, 4) is 11.9 Å². The molecule has 0 spiro atoms. The molecule has 1 aromatic rings. The minimum absolute atomic E-state index is 0.487. The molecule has 0 aliphatic carbocycles. The van der Waals surface area contributed by atoms with Gasteiger partial charge in [0.25, 0.3) is 0 Å². The van der Waals surface area contributed by atoms with Crippen LogP contribution >= 0.6 is 0 Å². The van der Waals surface area contributed by atoms with Gasteiger partial charge in [-0.25, -0.2) is 4.98 Å². The summed E-state index contributed by atoms with van der Waals surface area (Å²) in [5, 5.41) is 9.16. The Morgan fingerprint density at radius 1 is 1.53 bits per heavy atom. The summed E-state index contributed by atoms with van der Waals surface area (Å²) in [6.45, 7) is 5.64. The van der Waals surface area contributed by atoms with Gasteiger partial charge in [-0.15, -0.1) is 0 Å². The first-order chi connectivity index (χ1) is 9.11. The van der Waals surface area contributed by atoms with Crippen molar-refractivity contribution in [2.75, 3.05) is 20.2 Å². The molecule has 102 valence electrons. The molecule has 1 aliphatic rings. The zero-order valence-electron chi connectivity index (χ0n) is 11.9. The third-order valence-electron chi connectivity index (χ3n) is 3.78. The summed E-state index contributed by atoms with van der Waals surface area (Å²) in [7, 11) is 2.16. The van der Waals surface area contributed by atoms with E-state index in [0.717, 1.165) is 17.7 Å². The predicted octanol–water partition coefficient (Wildman–Crippen LogP) is 2.43. The van der Waals surface area contributed by atoms with E-state index >= 15 is 0 Å². The number of aromatic nitrogens is 1. The number of nitriles is 1. The second-order valence-electron chi connectivity index (χ2n) is 5.29. The van der Waals surface area contributed by atoms with Crippen LogP contribution in [0.15, 0.2) is 6.07 Å². The highest BCUT2D eigenvalue weighted by molar-refractivity contribution is 5.45. The average molecular weight is 259 g/mol. The van der Waals surface area contributed by atoms with E-state index in [1.165, 1.54) is 19.4 Å². The van der Waals surface area contributed by atoms with Crippen LogP contribution in [0.4, 0.5) is 0 Å². The van der Waals surface area contributed by atoms with E-state index < -0.39 is 0 Å². The van der Waals surface area contributed by atoms with Gasteiger partial charge < -0.3 is 9.64 Å². The Labute approximate surface area is 115 Å². The highest BCUT2D eigenvalue weighted by Crippen LogP contribution is 2.22. The van der Waals surface area contributed by atoms with Gasteiger partial charge >= 0.3 is 0 Å². The van der Waals surface area contributed by atoms with E-state index in [1.807, 2.05) is 19.9 Å². The molecule has 0 N–H and O–H groups in total. The van der Waals surface area contributed by atoms with Crippen molar-refractivity contribution in [1.82, 2.24) is 9.88 Å². The highest BCUT2D eigenvalue weighted by atomic mass is 16.5. The van der Waals surface area contributed by atoms with Gasteiger partial charge in [-0.3, -0.25) is 0 Å². The molecule has 1 aliphatic heterocycles. The van der Waals surface area contributed by atoms with E-state index in [4.69, 9.17) is 10.00 Å². The smallest absolute Gasteiger partial charge is 0.232 e. The number of pyridine rings is 1. The number of aryl methyl sites for hydroxylation is 2. The number of nitrogens with zero attached hydrogens (tertiary/aromatic N) is 3. The number of rotatable bonds is 4. The minimum atomic E-state index is 0.487. The standard InChI is InChI=1S/C15H21N3O/c1-11-9-12(2)17-15(14(11)10-16)19-8-6-13-5-4-7-18(13)3/h9,13H,4-8H2,1-3H3. The number of hydrogen-bond donors (Lipinski definition) is 0. The Morgan fingerprint density at radius 2 is 2.32 bits per heavy atom. The molecule has 19 heavy (non-hydrogen) atoms. The van der Waals surface area contributed by atoms with Crippen LogP contribution in [0.25, 0.3) is 0 Å². The van der Waals surface area contributed by atoms with Gasteiger partial charge in [-0.05, 0) is 58.3 Å². The molecule has 1 fully saturated rings. The SMILES string of the molecule is Cc1cc(C)c(C#N)c(OCCC2CCCN2C)n1. The van der Waals surface area contributed by atoms with Crippen molar-refractivity contribution in [2.24, 2.45) is 0 Å². The van der Waals surface area contributed by atoms with Crippen molar-refractivity contribution in [1.29, 1.82) is 5.26 Å². The zero-order chi connectivity index (χ0) is 13.8. The first-order valence-electron chi connectivity index (χ1n) is 6.83. The van der Waals surface area contributed by atoms with Crippen molar-refractivity contribution in [3.05, 3.63) is 22.9 Å². The first-order valence-corrected chi connectivity index (χ1v) is 6.83. The Bertz CT molecular complexity index is 493. The maximum Gasteiger partial charge on any atom is 0.232 e. The Kier molecular flexibility index (Phi) is 4.39. The van der Waals surface area contributed by atoms with Crippen LogP contribution in [0, 0.1) is 25.2 Å². The monoisotopic (exact) mass is 259 g/mol. The maximum atomic E-state index is 9.16. The Morgan fingerprint density at radius 3 is 2.95 bits per heavy atom. The van der Waals surface area contributed by atoms with Crippen LogP contribution < -0.4 is 4.74 Å². The van der Waals surface area contributed by atoms with Crippen LogP contribution in [0.3, 0.4) is 0 Å². The van der Waals surface area contributed by atoms with Gasteiger partial charge in [-0.1, -0.05) is 0 Å². The second-order valence-corrected chi connectivity index (χ2v) is 5.29. The number of ether oxygens (including phenoxy) is 1. The maximum absolute atomic E-state index is 9.16. The summed E-state index contributed by atoms with van der Waals surface area (Å²) in [6, 6.07) is 4.70. The molecule has 0 aromatic carbocycles. The van der Waals surface area contributed by atoms with Gasteiger partial charge in [0, 0.05) is 11.7 Å². The third-order valence-corrected chi connectivity index (χ3v) is 3.78. The Hall–Kier alpha value is -1.60. The molecule has 1 atom stereocenters. The van der Waals surface area contributed by atoms with Gasteiger partial charge in [0.05, 0.1) is 6.61 Å².